The highest BCUT2D eigenvalue weighted by Gasteiger charge is 2.53. The molecule has 3 N–H and O–H groups in total. The fourth-order valence-corrected chi connectivity index (χ4v) is 5.14. The molecule has 0 radical (unpaired) electrons. The Morgan fingerprint density at radius 2 is 1.97 bits per heavy atom. The van der Waals surface area contributed by atoms with Crippen molar-refractivity contribution in [2.45, 2.75) is 36.9 Å². The van der Waals surface area contributed by atoms with Crippen LogP contribution < -0.4 is 15.5 Å². The molecule has 11 heteroatoms. The number of carbonyl (C=O) groups is 3. The van der Waals surface area contributed by atoms with E-state index in [9.17, 15) is 19.5 Å². The number of halogens is 3. The summed E-state index contributed by atoms with van der Waals surface area (Å²) in [7, 11) is 0. The van der Waals surface area contributed by atoms with Crippen molar-refractivity contribution in [3.8, 4) is 0 Å². The van der Waals surface area contributed by atoms with Crippen molar-refractivity contribution in [1.82, 2.24) is 0 Å². The Hall–Kier alpha value is -2.30. The predicted molar refractivity (Wildman–Crippen MR) is 108 cm³/mol. The molecule has 0 aromatic heterocycles. The largest absolute Gasteiger partial charge is 0.479 e. The fraction of sp³-hybridized carbons (Fsp3) is 0.550. The quantitative estimate of drug-likeness (QED) is 0.511. The lowest BCUT2D eigenvalue weighted by Gasteiger charge is -2.36. The molecule has 3 fully saturated rings. The SMILES string of the molecule is Cl.NCC12CN(c3c(F)cc4c(c3F)N(C3CC3)C(C(=O)O)C(=O)C4=O)CC1CCO2. The highest BCUT2D eigenvalue weighted by atomic mass is 35.5. The van der Waals surface area contributed by atoms with Gasteiger partial charge in [-0.1, -0.05) is 0 Å². The Labute approximate surface area is 182 Å². The third-order valence-electron chi connectivity index (χ3n) is 6.76. The number of nitrogens with zero attached hydrogens (tertiary/aromatic N) is 2. The van der Waals surface area contributed by atoms with Crippen LogP contribution in [0.15, 0.2) is 6.07 Å². The van der Waals surface area contributed by atoms with Crippen molar-refractivity contribution < 1.29 is 33.0 Å². The minimum absolute atomic E-state index is 0. The van der Waals surface area contributed by atoms with E-state index < -0.39 is 46.4 Å². The van der Waals surface area contributed by atoms with Crippen LogP contribution in [0.3, 0.4) is 0 Å². The summed E-state index contributed by atoms with van der Waals surface area (Å²) < 4.78 is 36.6. The van der Waals surface area contributed by atoms with Gasteiger partial charge in [-0.15, -0.1) is 12.4 Å². The van der Waals surface area contributed by atoms with Crippen molar-refractivity contribution in [2.75, 3.05) is 36.0 Å². The van der Waals surface area contributed by atoms with Crippen LogP contribution >= 0.6 is 12.4 Å². The number of anilines is 2. The molecule has 3 unspecified atom stereocenters. The Morgan fingerprint density at radius 3 is 2.55 bits per heavy atom. The molecule has 1 aromatic carbocycles. The van der Waals surface area contributed by atoms with Crippen LogP contribution in [0.25, 0.3) is 0 Å². The Balaban J connectivity index is 0.00000231. The monoisotopic (exact) mass is 457 g/mol. The summed E-state index contributed by atoms with van der Waals surface area (Å²) >= 11 is 0. The summed E-state index contributed by atoms with van der Waals surface area (Å²) in [5.74, 6) is -5.85. The van der Waals surface area contributed by atoms with Gasteiger partial charge < -0.3 is 25.4 Å². The van der Waals surface area contributed by atoms with Crippen LogP contribution in [0, 0.1) is 17.6 Å². The molecule has 1 aliphatic carbocycles. The zero-order valence-corrected chi connectivity index (χ0v) is 17.3. The lowest BCUT2D eigenvalue weighted by atomic mass is 9.91. The first-order valence-corrected chi connectivity index (χ1v) is 9.99. The van der Waals surface area contributed by atoms with Crippen molar-refractivity contribution in [3.05, 3.63) is 23.3 Å². The number of aliphatic carboxylic acids is 1. The van der Waals surface area contributed by atoms with E-state index >= 15 is 8.78 Å². The van der Waals surface area contributed by atoms with E-state index in [4.69, 9.17) is 10.5 Å². The van der Waals surface area contributed by atoms with Gasteiger partial charge in [0.1, 0.15) is 17.1 Å². The molecule has 4 aliphatic rings. The van der Waals surface area contributed by atoms with Crippen molar-refractivity contribution in [1.29, 1.82) is 0 Å². The number of nitrogens with two attached hydrogens (primary N) is 1. The summed E-state index contributed by atoms with van der Waals surface area (Å²) in [6.45, 7) is 1.28. The number of fused-ring (bicyclic) bond motifs is 2. The summed E-state index contributed by atoms with van der Waals surface area (Å²) in [4.78, 5) is 39.3. The van der Waals surface area contributed by atoms with E-state index in [1.165, 1.54) is 4.90 Å². The first-order valence-electron chi connectivity index (χ1n) is 9.99. The van der Waals surface area contributed by atoms with Crippen LogP contribution in [0.2, 0.25) is 0 Å². The van der Waals surface area contributed by atoms with Gasteiger partial charge >= 0.3 is 5.97 Å². The minimum Gasteiger partial charge on any atom is -0.479 e. The smallest absolute Gasteiger partial charge is 0.334 e. The Bertz CT molecular complexity index is 988. The van der Waals surface area contributed by atoms with Gasteiger partial charge in [0.25, 0.3) is 0 Å². The zero-order valence-electron chi connectivity index (χ0n) is 16.5. The molecule has 3 heterocycles. The molecule has 0 amide bonds. The zero-order chi connectivity index (χ0) is 21.4. The Morgan fingerprint density at radius 1 is 1.26 bits per heavy atom. The van der Waals surface area contributed by atoms with Crippen LogP contribution in [-0.4, -0.2) is 66.6 Å². The van der Waals surface area contributed by atoms with Gasteiger partial charge in [-0.2, -0.15) is 0 Å². The first-order chi connectivity index (χ1) is 14.3. The van der Waals surface area contributed by atoms with Crippen LogP contribution in [-0.2, 0) is 14.3 Å². The summed E-state index contributed by atoms with van der Waals surface area (Å²) in [6.07, 6.45) is 1.85. The number of carboxylic acid groups (broad SMARTS) is 1. The van der Waals surface area contributed by atoms with E-state index in [1.54, 1.807) is 0 Å². The molecule has 5 rings (SSSR count). The fourth-order valence-electron chi connectivity index (χ4n) is 5.14. The topological polar surface area (TPSA) is 113 Å². The summed E-state index contributed by atoms with van der Waals surface area (Å²) in [6, 6.07) is -1.33. The molecule has 2 saturated heterocycles. The van der Waals surface area contributed by atoms with E-state index in [0.29, 0.717) is 26.0 Å². The molecular formula is C20H22ClF2N3O5. The van der Waals surface area contributed by atoms with Gasteiger partial charge in [-0.25, -0.2) is 13.6 Å². The normalized spacial score (nSPS) is 29.6. The molecule has 168 valence electrons. The molecule has 0 spiro atoms. The maximum atomic E-state index is 15.8. The standard InChI is InChI=1S/C20H21F2N3O5.ClH/c21-12-5-11-14(25(10-1-2-10)16(19(28)29)18(27)17(11)26)13(22)15(12)24-6-9-3-4-30-20(9,7-23)8-24;/h5,9-10,16H,1-4,6-8,23H2,(H,28,29);1H. The number of hydrogen-bond acceptors (Lipinski definition) is 7. The Kier molecular flexibility index (Phi) is 5.22. The highest BCUT2D eigenvalue weighted by molar-refractivity contribution is 6.51. The lowest BCUT2D eigenvalue weighted by Crippen LogP contribution is -2.55. The number of hydrogen-bond donors (Lipinski definition) is 2. The molecule has 0 bridgehead atoms. The second-order valence-corrected chi connectivity index (χ2v) is 8.47. The average molecular weight is 458 g/mol. The van der Waals surface area contributed by atoms with E-state index in [2.05, 4.69) is 0 Å². The molecule has 1 saturated carbocycles. The maximum absolute atomic E-state index is 15.8. The average Bonchev–Trinajstić information content (AvgIpc) is 3.36. The first kappa shape index (κ1) is 21.9. The van der Waals surface area contributed by atoms with Crippen molar-refractivity contribution >= 4 is 41.3 Å². The number of ketones is 2. The lowest BCUT2D eigenvalue weighted by molar-refractivity contribution is -0.141. The van der Waals surface area contributed by atoms with Gasteiger partial charge in [0.05, 0.1) is 11.3 Å². The van der Waals surface area contributed by atoms with Gasteiger partial charge in [0.15, 0.2) is 11.9 Å². The van der Waals surface area contributed by atoms with E-state index in [0.717, 1.165) is 17.4 Å². The number of ether oxygens (including phenoxy) is 1. The molecule has 31 heavy (non-hydrogen) atoms. The molecule has 8 nitrogen and oxygen atoms in total. The van der Waals surface area contributed by atoms with Gasteiger partial charge in [-0.3, -0.25) is 9.59 Å². The third-order valence-corrected chi connectivity index (χ3v) is 6.76. The van der Waals surface area contributed by atoms with E-state index in [-0.39, 0.29) is 48.8 Å². The van der Waals surface area contributed by atoms with Crippen LogP contribution in [0.5, 0.6) is 0 Å². The summed E-state index contributed by atoms with van der Waals surface area (Å²) in [5, 5.41) is 9.55. The molecule has 1 aromatic rings. The van der Waals surface area contributed by atoms with E-state index in [1.807, 2.05) is 0 Å². The minimum atomic E-state index is -1.80. The second kappa shape index (κ2) is 7.39. The number of rotatable bonds is 4. The second-order valence-electron chi connectivity index (χ2n) is 8.47. The molecule has 3 atom stereocenters. The highest BCUT2D eigenvalue weighted by Crippen LogP contribution is 2.47. The number of carbonyl (C=O) groups excluding carboxylic acids is 2. The van der Waals surface area contributed by atoms with Crippen LogP contribution in [0.1, 0.15) is 29.6 Å². The van der Waals surface area contributed by atoms with Crippen LogP contribution in [0.4, 0.5) is 20.2 Å². The van der Waals surface area contributed by atoms with Gasteiger partial charge in [0.2, 0.25) is 11.6 Å². The number of benzene rings is 1. The van der Waals surface area contributed by atoms with Gasteiger partial charge in [-0.05, 0) is 25.3 Å². The number of carboxylic acids is 1. The number of Topliss-reactive ketones (excluding diaryl/α,β-unsaturated/α-hetero) is 2. The predicted octanol–water partition coefficient (Wildman–Crippen LogP) is 1.13. The van der Waals surface area contributed by atoms with Crippen molar-refractivity contribution in [3.63, 3.8) is 0 Å². The van der Waals surface area contributed by atoms with Crippen molar-refractivity contribution in [2.24, 2.45) is 11.7 Å². The molecule has 3 aliphatic heterocycles. The maximum Gasteiger partial charge on any atom is 0.334 e. The molecular weight excluding hydrogens is 436 g/mol. The third kappa shape index (κ3) is 3.03. The van der Waals surface area contributed by atoms with Gasteiger partial charge in [0, 0.05) is 38.2 Å². The summed E-state index contributed by atoms with van der Waals surface area (Å²) in [5.41, 5.74) is 4.16.